The van der Waals surface area contributed by atoms with Gasteiger partial charge in [-0.25, -0.2) is 9.97 Å². The van der Waals surface area contributed by atoms with Gasteiger partial charge in [0.25, 0.3) is 11.8 Å². The number of nitrogens with zero attached hydrogens (tertiary/aromatic N) is 3. The number of aromatic amines is 1. The van der Waals surface area contributed by atoms with Crippen LogP contribution in [0.3, 0.4) is 0 Å². The van der Waals surface area contributed by atoms with Crippen molar-refractivity contribution in [2.75, 3.05) is 5.32 Å². The number of amides is 1. The minimum atomic E-state index is -0.645. The van der Waals surface area contributed by atoms with E-state index >= 15 is 0 Å². The number of fused-ring (bicyclic) bond motifs is 1. The lowest BCUT2D eigenvalue weighted by molar-refractivity contribution is -0.134. The van der Waals surface area contributed by atoms with E-state index in [4.69, 9.17) is 4.42 Å². The van der Waals surface area contributed by atoms with Crippen LogP contribution in [0.2, 0.25) is 0 Å². The van der Waals surface area contributed by atoms with Gasteiger partial charge >= 0.3 is 0 Å². The second kappa shape index (κ2) is 8.51. The van der Waals surface area contributed by atoms with Crippen LogP contribution >= 0.6 is 0 Å². The molecule has 8 nitrogen and oxygen atoms in total. The monoisotopic (exact) mass is 417 g/mol. The molecule has 0 bridgehead atoms. The number of oxazole rings is 1. The molecule has 158 valence electrons. The maximum atomic E-state index is 11.8. The van der Waals surface area contributed by atoms with Crippen molar-refractivity contribution in [2.45, 2.75) is 40.0 Å². The largest absolute Gasteiger partial charge is 0.434 e. The molecule has 4 rings (SSSR count). The first-order chi connectivity index (χ1) is 15.0. The van der Waals surface area contributed by atoms with E-state index in [9.17, 15) is 9.59 Å². The zero-order valence-corrected chi connectivity index (χ0v) is 17.7. The van der Waals surface area contributed by atoms with E-state index in [0.29, 0.717) is 23.0 Å². The summed E-state index contributed by atoms with van der Waals surface area (Å²) >= 11 is 0. The number of anilines is 1. The fraction of sp³-hybridized carbons (Fsp3) is 0.261. The Morgan fingerprint density at radius 2 is 1.94 bits per heavy atom. The summed E-state index contributed by atoms with van der Waals surface area (Å²) in [7, 11) is 0. The molecule has 31 heavy (non-hydrogen) atoms. The summed E-state index contributed by atoms with van der Waals surface area (Å²) in [5.41, 5.74) is 5.46. The molecule has 3 heterocycles. The predicted molar refractivity (Wildman–Crippen MR) is 117 cm³/mol. The van der Waals surface area contributed by atoms with Gasteiger partial charge in [-0.15, -0.1) is 0 Å². The molecular formula is C23H23N5O3. The summed E-state index contributed by atoms with van der Waals surface area (Å²) in [6, 6.07) is 7.41. The number of carbonyl (C=O) groups excluding carboxylic acids is 2. The van der Waals surface area contributed by atoms with Crippen molar-refractivity contribution in [1.82, 2.24) is 19.9 Å². The van der Waals surface area contributed by atoms with E-state index in [1.807, 2.05) is 25.1 Å². The van der Waals surface area contributed by atoms with Crippen molar-refractivity contribution in [3.05, 3.63) is 48.0 Å². The molecule has 8 heteroatoms. The highest BCUT2D eigenvalue weighted by atomic mass is 16.3. The van der Waals surface area contributed by atoms with Gasteiger partial charge in [0.05, 0.1) is 17.6 Å². The molecule has 3 aromatic heterocycles. The second-order valence-corrected chi connectivity index (χ2v) is 7.30. The van der Waals surface area contributed by atoms with Gasteiger partial charge in [0.15, 0.2) is 11.4 Å². The highest BCUT2D eigenvalue weighted by Gasteiger charge is 2.15. The number of hydrogen-bond donors (Lipinski definition) is 2. The van der Waals surface area contributed by atoms with E-state index < -0.39 is 11.7 Å². The van der Waals surface area contributed by atoms with E-state index in [1.165, 1.54) is 6.20 Å². The maximum absolute atomic E-state index is 11.8. The average molecular weight is 417 g/mol. The Morgan fingerprint density at radius 3 is 2.71 bits per heavy atom. The van der Waals surface area contributed by atoms with Crippen LogP contribution in [0.25, 0.3) is 33.9 Å². The molecule has 0 aliphatic carbocycles. The molecule has 0 aliphatic heterocycles. The molecule has 0 atom stereocenters. The smallest absolute Gasteiger partial charge is 0.291 e. The molecule has 0 saturated heterocycles. The van der Waals surface area contributed by atoms with Crippen LogP contribution in [0.4, 0.5) is 5.69 Å². The first-order valence-corrected chi connectivity index (χ1v) is 10.2. The van der Waals surface area contributed by atoms with Gasteiger partial charge in [0.2, 0.25) is 5.78 Å². The number of hydrogen-bond acceptors (Lipinski definition) is 6. The Bertz CT molecular complexity index is 1270. The third-order valence-corrected chi connectivity index (χ3v) is 4.97. The molecule has 0 aliphatic rings. The fourth-order valence-electron chi connectivity index (χ4n) is 3.31. The standard InChI is InChI=1S/C23H23N5O3/c1-4-6-17-13(3)25-21(27-17)23-28-18-8-7-14(10-20(18)31-23)15-9-16(12-24-11-15)26-22(30)19(29)5-2/h7-12H,4-6H2,1-3H3,(H,25,27)(H,26,30). The molecule has 1 amide bonds. The van der Waals surface area contributed by atoms with E-state index in [-0.39, 0.29) is 6.42 Å². The van der Waals surface area contributed by atoms with Crippen LogP contribution in [0.5, 0.6) is 0 Å². The summed E-state index contributed by atoms with van der Waals surface area (Å²) in [6.07, 6.45) is 5.25. The zero-order chi connectivity index (χ0) is 22.0. The number of pyridine rings is 1. The Balaban J connectivity index is 1.63. The summed E-state index contributed by atoms with van der Waals surface area (Å²) in [4.78, 5) is 40.0. The van der Waals surface area contributed by atoms with E-state index in [0.717, 1.165) is 40.9 Å². The highest BCUT2D eigenvalue weighted by Crippen LogP contribution is 2.29. The van der Waals surface area contributed by atoms with Crippen molar-refractivity contribution in [1.29, 1.82) is 0 Å². The Morgan fingerprint density at radius 1 is 1.10 bits per heavy atom. The molecule has 0 saturated carbocycles. The SMILES string of the molecule is CCCc1nc(-c2nc3ccc(-c4cncc(NC(=O)C(=O)CC)c4)cc3o2)[nH]c1C. The normalized spacial score (nSPS) is 11.1. The topological polar surface area (TPSA) is 114 Å². The lowest BCUT2D eigenvalue weighted by atomic mass is 10.1. The van der Waals surface area contributed by atoms with Gasteiger partial charge in [0, 0.05) is 23.9 Å². The number of ketones is 1. The third-order valence-electron chi connectivity index (χ3n) is 4.97. The molecule has 1 aromatic carbocycles. The lowest BCUT2D eigenvalue weighted by Crippen LogP contribution is -2.21. The van der Waals surface area contributed by atoms with Crippen molar-refractivity contribution < 1.29 is 14.0 Å². The molecule has 0 fully saturated rings. The van der Waals surface area contributed by atoms with E-state index in [2.05, 4.69) is 32.2 Å². The highest BCUT2D eigenvalue weighted by molar-refractivity contribution is 6.40. The summed E-state index contributed by atoms with van der Waals surface area (Å²) < 4.78 is 5.96. The molecule has 0 unspecified atom stereocenters. The first-order valence-electron chi connectivity index (χ1n) is 10.2. The van der Waals surface area contributed by atoms with Gasteiger partial charge in [-0.2, -0.15) is 0 Å². The van der Waals surface area contributed by atoms with Crippen LogP contribution < -0.4 is 5.32 Å². The van der Waals surface area contributed by atoms with Crippen molar-refractivity contribution in [3.8, 4) is 22.8 Å². The molecule has 4 aromatic rings. The quantitative estimate of drug-likeness (QED) is 0.429. The lowest BCUT2D eigenvalue weighted by Gasteiger charge is -2.06. The fourth-order valence-corrected chi connectivity index (χ4v) is 3.31. The van der Waals surface area contributed by atoms with Crippen LogP contribution in [0.1, 0.15) is 38.1 Å². The molecule has 2 N–H and O–H groups in total. The zero-order valence-electron chi connectivity index (χ0n) is 17.7. The first kappa shape index (κ1) is 20.5. The summed E-state index contributed by atoms with van der Waals surface area (Å²) in [6.45, 7) is 5.76. The number of benzene rings is 1. The molecular weight excluding hydrogens is 394 g/mol. The predicted octanol–water partition coefficient (Wildman–Crippen LogP) is 4.46. The Hall–Kier alpha value is -3.81. The number of nitrogens with one attached hydrogen (secondary N) is 2. The van der Waals surface area contributed by atoms with Crippen molar-refractivity contribution in [2.24, 2.45) is 0 Å². The second-order valence-electron chi connectivity index (χ2n) is 7.30. The van der Waals surface area contributed by atoms with Gasteiger partial charge in [-0.1, -0.05) is 26.3 Å². The van der Waals surface area contributed by atoms with Crippen molar-refractivity contribution >= 4 is 28.5 Å². The molecule has 0 radical (unpaired) electrons. The maximum Gasteiger partial charge on any atom is 0.291 e. The number of aromatic nitrogens is 4. The number of aryl methyl sites for hydroxylation is 2. The van der Waals surface area contributed by atoms with Gasteiger partial charge in [-0.05, 0) is 37.1 Å². The number of rotatable bonds is 7. The number of carbonyl (C=O) groups is 2. The Kier molecular flexibility index (Phi) is 5.62. The van der Waals surface area contributed by atoms with Crippen molar-refractivity contribution in [3.63, 3.8) is 0 Å². The third kappa shape index (κ3) is 4.23. The number of Topliss-reactive ketones (excluding diaryl/α,β-unsaturated/α-hetero) is 1. The van der Waals surface area contributed by atoms with Gasteiger partial charge in [0.1, 0.15) is 5.52 Å². The van der Waals surface area contributed by atoms with Gasteiger partial charge < -0.3 is 14.7 Å². The molecule has 0 spiro atoms. The van der Waals surface area contributed by atoms with Gasteiger partial charge in [-0.3, -0.25) is 14.6 Å². The Labute approximate surface area is 179 Å². The van der Waals surface area contributed by atoms with Crippen LogP contribution in [0.15, 0.2) is 41.1 Å². The minimum absolute atomic E-state index is 0.151. The van der Waals surface area contributed by atoms with Crippen LogP contribution in [-0.2, 0) is 16.0 Å². The summed E-state index contributed by atoms with van der Waals surface area (Å²) in [5.74, 6) is -0.0651. The van der Waals surface area contributed by atoms with Crippen LogP contribution in [-0.4, -0.2) is 31.6 Å². The van der Waals surface area contributed by atoms with Crippen LogP contribution in [0, 0.1) is 6.92 Å². The summed E-state index contributed by atoms with van der Waals surface area (Å²) in [5, 5.41) is 2.58. The number of H-pyrrole nitrogens is 1. The minimum Gasteiger partial charge on any atom is -0.434 e. The van der Waals surface area contributed by atoms with E-state index in [1.54, 1.807) is 19.2 Å². The number of imidazole rings is 1. The average Bonchev–Trinajstić information content (AvgIpc) is 3.36.